The maximum atomic E-state index is 9.02. The van der Waals surface area contributed by atoms with Crippen molar-refractivity contribution < 1.29 is 0 Å². The Bertz CT molecular complexity index is 1280. The molecule has 176 valence electrons. The number of benzene rings is 1. The number of aromatic nitrogens is 3. The standard InChI is InChI=1S/C24H27ClN8S/c1-31-8-4-6-18(31)14-33(24(27)34)29-12-17-10-22(23-13-28-15-32(23)2)30-21-11-20(25)16(5-3-7-26)9-19(17)21/h9-13,15,18H,3-6,8,14H2,1-2H3,(H2,27,34)/b29-12+/t18-/m1/s1. The van der Waals surface area contributed by atoms with Crippen LogP contribution in [0.5, 0.6) is 0 Å². The molecule has 0 amide bonds. The first-order valence-electron chi connectivity index (χ1n) is 11.2. The Morgan fingerprint density at radius 2 is 2.24 bits per heavy atom. The summed E-state index contributed by atoms with van der Waals surface area (Å²) in [5.74, 6) is 0. The van der Waals surface area contributed by atoms with Gasteiger partial charge in [0, 0.05) is 35.5 Å². The van der Waals surface area contributed by atoms with Gasteiger partial charge in [-0.3, -0.25) is 0 Å². The number of nitrogens with two attached hydrogens (primary N) is 1. The first-order chi connectivity index (χ1) is 16.4. The molecule has 8 nitrogen and oxygen atoms in total. The molecule has 2 aromatic heterocycles. The number of nitriles is 1. The van der Waals surface area contributed by atoms with Gasteiger partial charge in [-0.25, -0.2) is 15.0 Å². The van der Waals surface area contributed by atoms with Crippen LogP contribution in [0.4, 0.5) is 0 Å². The summed E-state index contributed by atoms with van der Waals surface area (Å²) in [4.78, 5) is 11.4. The minimum absolute atomic E-state index is 0.236. The van der Waals surface area contributed by atoms with Crippen molar-refractivity contribution in [2.75, 3.05) is 20.1 Å². The number of halogens is 1. The molecule has 0 aliphatic carbocycles. The fourth-order valence-corrected chi connectivity index (χ4v) is 4.65. The van der Waals surface area contributed by atoms with E-state index in [-0.39, 0.29) is 5.11 Å². The molecule has 4 rings (SSSR count). The third-order valence-corrected chi connectivity index (χ3v) is 6.80. The number of aryl methyl sites for hydroxylation is 2. The molecule has 2 N–H and O–H groups in total. The lowest BCUT2D eigenvalue weighted by molar-refractivity contribution is 0.256. The molecule has 3 aromatic rings. The molecule has 1 aliphatic heterocycles. The van der Waals surface area contributed by atoms with Crippen LogP contribution in [0.15, 0.2) is 35.8 Å². The van der Waals surface area contributed by atoms with Crippen LogP contribution in [0.1, 0.15) is 30.4 Å². The second-order valence-electron chi connectivity index (χ2n) is 8.55. The van der Waals surface area contributed by atoms with E-state index in [9.17, 15) is 0 Å². The average Bonchev–Trinajstić information content (AvgIpc) is 3.42. The highest BCUT2D eigenvalue weighted by Gasteiger charge is 2.24. The number of rotatable bonds is 7. The number of hydrazone groups is 1. The van der Waals surface area contributed by atoms with Gasteiger partial charge < -0.3 is 15.2 Å². The molecule has 1 fully saturated rings. The Morgan fingerprint density at radius 1 is 1.41 bits per heavy atom. The predicted molar refractivity (Wildman–Crippen MR) is 140 cm³/mol. The van der Waals surface area contributed by atoms with Crippen molar-refractivity contribution in [2.24, 2.45) is 17.9 Å². The minimum atomic E-state index is 0.236. The molecule has 0 unspecified atom stereocenters. The van der Waals surface area contributed by atoms with Crippen molar-refractivity contribution in [1.29, 1.82) is 5.26 Å². The summed E-state index contributed by atoms with van der Waals surface area (Å²) >= 11 is 11.8. The van der Waals surface area contributed by atoms with Crippen molar-refractivity contribution in [3.05, 3.63) is 46.9 Å². The van der Waals surface area contributed by atoms with Crippen LogP contribution in [0.2, 0.25) is 5.02 Å². The van der Waals surface area contributed by atoms with E-state index in [0.29, 0.717) is 30.5 Å². The lowest BCUT2D eigenvalue weighted by atomic mass is 10.0. The number of imidazole rings is 1. The van der Waals surface area contributed by atoms with Crippen LogP contribution in [-0.4, -0.2) is 61.9 Å². The van der Waals surface area contributed by atoms with E-state index in [2.05, 4.69) is 28.1 Å². The number of likely N-dealkylation sites (tertiary alicyclic amines) is 1. The van der Waals surface area contributed by atoms with Crippen molar-refractivity contribution in [2.45, 2.75) is 31.7 Å². The SMILES string of the molecule is CN1CCC[C@@H]1CN(/N=C/c1cc(-c2cncn2C)nc2cc(Cl)c(CCC#N)cc12)C(N)=S. The fraction of sp³-hybridized carbons (Fsp3) is 0.375. The Labute approximate surface area is 209 Å². The van der Waals surface area contributed by atoms with Gasteiger partial charge in [0.05, 0.1) is 48.3 Å². The van der Waals surface area contributed by atoms with Gasteiger partial charge in [0.25, 0.3) is 0 Å². The molecule has 0 spiro atoms. The van der Waals surface area contributed by atoms with Gasteiger partial charge in [0.15, 0.2) is 5.11 Å². The first kappa shape index (κ1) is 24.1. The molecule has 1 aliphatic rings. The van der Waals surface area contributed by atoms with E-state index in [1.54, 1.807) is 23.7 Å². The maximum Gasteiger partial charge on any atom is 0.187 e. The van der Waals surface area contributed by atoms with E-state index in [1.807, 2.05) is 29.8 Å². The Kier molecular flexibility index (Phi) is 7.41. The molecular weight excluding hydrogens is 468 g/mol. The molecule has 0 radical (unpaired) electrons. The number of pyridine rings is 1. The zero-order chi connectivity index (χ0) is 24.2. The zero-order valence-corrected chi connectivity index (χ0v) is 20.9. The van der Waals surface area contributed by atoms with Crippen molar-refractivity contribution >= 4 is 46.0 Å². The monoisotopic (exact) mass is 494 g/mol. The molecule has 1 saturated heterocycles. The summed E-state index contributed by atoms with van der Waals surface area (Å²) in [5.41, 5.74) is 10.1. The van der Waals surface area contributed by atoms with Crippen LogP contribution in [0.25, 0.3) is 22.3 Å². The van der Waals surface area contributed by atoms with Crippen LogP contribution in [0, 0.1) is 11.3 Å². The van der Waals surface area contributed by atoms with E-state index in [4.69, 9.17) is 39.8 Å². The Balaban J connectivity index is 1.78. The van der Waals surface area contributed by atoms with Gasteiger partial charge in [-0.05, 0) is 68.8 Å². The summed E-state index contributed by atoms with van der Waals surface area (Å²) < 4.78 is 1.91. The van der Waals surface area contributed by atoms with Gasteiger partial charge in [-0.1, -0.05) is 11.6 Å². The second-order valence-corrected chi connectivity index (χ2v) is 9.37. The van der Waals surface area contributed by atoms with Crippen LogP contribution in [-0.2, 0) is 13.5 Å². The third kappa shape index (κ3) is 5.20. The molecule has 1 atom stereocenters. The molecule has 34 heavy (non-hydrogen) atoms. The summed E-state index contributed by atoms with van der Waals surface area (Å²) in [6.45, 7) is 1.70. The van der Waals surface area contributed by atoms with E-state index in [0.717, 1.165) is 52.8 Å². The lowest BCUT2D eigenvalue weighted by Gasteiger charge is -2.25. The molecule has 1 aromatic carbocycles. The van der Waals surface area contributed by atoms with E-state index >= 15 is 0 Å². The summed E-state index contributed by atoms with van der Waals surface area (Å²) in [7, 11) is 4.04. The van der Waals surface area contributed by atoms with Gasteiger partial charge in [0.1, 0.15) is 0 Å². The van der Waals surface area contributed by atoms with Gasteiger partial charge in [-0.2, -0.15) is 10.4 Å². The quantitative estimate of drug-likeness (QED) is 0.303. The molecular formula is C24H27ClN8S. The predicted octanol–water partition coefficient (Wildman–Crippen LogP) is 3.72. The number of likely N-dealkylation sites (N-methyl/N-ethyl adjacent to an activating group) is 1. The van der Waals surface area contributed by atoms with Crippen molar-refractivity contribution in [3.8, 4) is 17.5 Å². The maximum absolute atomic E-state index is 9.02. The first-order valence-corrected chi connectivity index (χ1v) is 11.9. The molecule has 3 heterocycles. The average molecular weight is 495 g/mol. The molecule has 0 bridgehead atoms. The van der Waals surface area contributed by atoms with Gasteiger partial charge in [-0.15, -0.1) is 0 Å². The lowest BCUT2D eigenvalue weighted by Crippen LogP contribution is -2.41. The highest BCUT2D eigenvalue weighted by atomic mass is 35.5. The van der Waals surface area contributed by atoms with E-state index in [1.165, 1.54) is 0 Å². The zero-order valence-electron chi connectivity index (χ0n) is 19.3. The Morgan fingerprint density at radius 3 is 2.88 bits per heavy atom. The number of hydrogen-bond acceptors (Lipinski definition) is 6. The normalized spacial score (nSPS) is 16.4. The van der Waals surface area contributed by atoms with Crippen LogP contribution < -0.4 is 5.73 Å². The highest BCUT2D eigenvalue weighted by molar-refractivity contribution is 7.80. The largest absolute Gasteiger partial charge is 0.375 e. The van der Waals surface area contributed by atoms with Gasteiger partial charge in [0.2, 0.25) is 0 Å². The highest BCUT2D eigenvalue weighted by Crippen LogP contribution is 2.29. The van der Waals surface area contributed by atoms with Crippen molar-refractivity contribution in [3.63, 3.8) is 0 Å². The minimum Gasteiger partial charge on any atom is -0.375 e. The van der Waals surface area contributed by atoms with Gasteiger partial charge >= 0.3 is 0 Å². The third-order valence-electron chi connectivity index (χ3n) is 6.24. The van der Waals surface area contributed by atoms with E-state index < -0.39 is 0 Å². The fourth-order valence-electron chi connectivity index (χ4n) is 4.28. The summed E-state index contributed by atoms with van der Waals surface area (Å²) in [5, 5.41) is 17.1. The van der Waals surface area contributed by atoms with Crippen molar-refractivity contribution in [1.82, 2.24) is 24.4 Å². The molecule has 10 heteroatoms. The summed E-state index contributed by atoms with van der Waals surface area (Å²) in [6.07, 6.45) is 8.49. The smallest absolute Gasteiger partial charge is 0.187 e. The number of hydrogen-bond donors (Lipinski definition) is 1. The summed E-state index contributed by atoms with van der Waals surface area (Å²) in [6, 6.07) is 8.35. The number of fused-ring (bicyclic) bond motifs is 1. The van der Waals surface area contributed by atoms with Crippen LogP contribution >= 0.6 is 23.8 Å². The molecule has 0 saturated carbocycles. The second kappa shape index (κ2) is 10.5. The topological polar surface area (TPSA) is 99.4 Å². The number of nitrogens with zero attached hydrogens (tertiary/aromatic N) is 7. The number of thiocarbonyl (C=S) groups is 1. The van der Waals surface area contributed by atoms with Crippen LogP contribution in [0.3, 0.4) is 0 Å². The Hall–Kier alpha value is -3.06.